The molecular weight excluding hydrogens is 314 g/mol. The minimum absolute atomic E-state index is 0.0322. The Balaban J connectivity index is 1.64. The summed E-state index contributed by atoms with van der Waals surface area (Å²) in [5, 5.41) is 14.3. The summed E-state index contributed by atoms with van der Waals surface area (Å²) in [6.45, 7) is 1.66. The monoisotopic (exact) mass is 333 g/mol. The van der Waals surface area contributed by atoms with Crippen LogP contribution < -0.4 is 0 Å². The number of carbonyl (C=O) groups is 1. The summed E-state index contributed by atoms with van der Waals surface area (Å²) in [6, 6.07) is 12.1. The maximum atomic E-state index is 13.1. The van der Waals surface area contributed by atoms with E-state index >= 15 is 0 Å². The second kappa shape index (κ2) is 6.44. The van der Waals surface area contributed by atoms with E-state index in [2.05, 4.69) is 11.2 Å². The van der Waals surface area contributed by atoms with E-state index in [1.54, 1.807) is 6.20 Å². The molecule has 1 fully saturated rings. The fraction of sp³-hybridized carbons (Fsp3) is 0.316. The molecule has 4 rings (SSSR count). The number of carbonyl (C=O) groups excluding carboxylic acids is 1. The van der Waals surface area contributed by atoms with Crippen molar-refractivity contribution in [2.24, 2.45) is 0 Å². The smallest absolute Gasteiger partial charge is 0.256 e. The van der Waals surface area contributed by atoms with E-state index in [4.69, 9.17) is 5.26 Å². The van der Waals surface area contributed by atoms with E-state index in [0.29, 0.717) is 12.1 Å². The Morgan fingerprint density at radius 3 is 3.00 bits per heavy atom. The summed E-state index contributed by atoms with van der Waals surface area (Å²) in [6.07, 6.45) is 7.54. The van der Waals surface area contributed by atoms with Crippen LogP contribution in [0.15, 0.2) is 48.9 Å². The van der Waals surface area contributed by atoms with Crippen LogP contribution in [0.2, 0.25) is 0 Å². The van der Waals surface area contributed by atoms with Gasteiger partial charge in [0, 0.05) is 42.6 Å². The van der Waals surface area contributed by atoms with Crippen molar-refractivity contribution in [3.05, 3.63) is 54.5 Å². The Hall–Kier alpha value is -3.07. The average molecular weight is 333 g/mol. The number of nitriles is 1. The zero-order valence-electron chi connectivity index (χ0n) is 13.9. The maximum Gasteiger partial charge on any atom is 0.256 e. The van der Waals surface area contributed by atoms with Crippen molar-refractivity contribution in [1.29, 1.82) is 5.26 Å². The van der Waals surface area contributed by atoms with E-state index in [1.807, 2.05) is 56.9 Å². The Kier molecular flexibility index (Phi) is 3.98. The summed E-state index contributed by atoms with van der Waals surface area (Å²) >= 11 is 0. The molecule has 0 spiro atoms. The Labute approximate surface area is 145 Å². The molecule has 1 atom stereocenters. The van der Waals surface area contributed by atoms with Crippen LogP contribution >= 0.6 is 0 Å². The molecule has 1 aliphatic heterocycles. The lowest BCUT2D eigenvalue weighted by atomic mass is 10.0. The number of amides is 1. The minimum atomic E-state index is 0.0322. The van der Waals surface area contributed by atoms with Crippen molar-refractivity contribution in [3.8, 4) is 6.07 Å². The molecule has 1 aliphatic rings. The molecule has 1 amide bonds. The number of benzene rings is 1. The second-order valence-corrected chi connectivity index (χ2v) is 6.38. The predicted octanol–water partition coefficient (Wildman–Crippen LogP) is 2.84. The van der Waals surface area contributed by atoms with Crippen molar-refractivity contribution >= 4 is 16.8 Å². The molecule has 0 bridgehead atoms. The summed E-state index contributed by atoms with van der Waals surface area (Å²) < 4.78 is 3.79. The first-order valence-electron chi connectivity index (χ1n) is 8.51. The molecule has 2 aromatic heterocycles. The van der Waals surface area contributed by atoms with E-state index in [1.165, 1.54) is 0 Å². The van der Waals surface area contributed by atoms with E-state index in [9.17, 15) is 4.79 Å². The highest BCUT2D eigenvalue weighted by atomic mass is 16.2. The first-order valence-corrected chi connectivity index (χ1v) is 8.51. The molecule has 1 saturated heterocycles. The van der Waals surface area contributed by atoms with Crippen LogP contribution in [-0.2, 0) is 6.54 Å². The van der Waals surface area contributed by atoms with Crippen LogP contribution in [0.5, 0.6) is 0 Å². The number of aromatic nitrogens is 3. The highest BCUT2D eigenvalue weighted by Gasteiger charge is 2.27. The van der Waals surface area contributed by atoms with Crippen molar-refractivity contribution < 1.29 is 4.79 Å². The quantitative estimate of drug-likeness (QED) is 0.740. The standard InChI is InChI=1S/C19H19N5O/c20-8-12-22-14-17(16-6-1-2-7-18(16)22)19(25)23-10-3-5-15(13-23)24-11-4-9-21-24/h1-2,4,6-7,9,11,14-15H,3,5,10,12-13H2/t15-/m1/s1. The molecule has 0 aliphatic carbocycles. The van der Waals surface area contributed by atoms with Gasteiger partial charge in [0.15, 0.2) is 0 Å². The normalized spacial score (nSPS) is 17.6. The number of likely N-dealkylation sites (tertiary alicyclic amines) is 1. The molecule has 25 heavy (non-hydrogen) atoms. The maximum absolute atomic E-state index is 13.1. The first-order chi connectivity index (χ1) is 12.3. The Morgan fingerprint density at radius 1 is 1.32 bits per heavy atom. The van der Waals surface area contributed by atoms with Crippen molar-refractivity contribution in [3.63, 3.8) is 0 Å². The molecule has 3 aromatic rings. The highest BCUT2D eigenvalue weighted by molar-refractivity contribution is 6.07. The van der Waals surface area contributed by atoms with Crippen molar-refractivity contribution in [2.75, 3.05) is 13.1 Å². The first kappa shape index (κ1) is 15.5. The zero-order chi connectivity index (χ0) is 17.2. The van der Waals surface area contributed by atoms with E-state index in [-0.39, 0.29) is 18.5 Å². The second-order valence-electron chi connectivity index (χ2n) is 6.38. The van der Waals surface area contributed by atoms with Crippen LogP contribution in [0, 0.1) is 11.3 Å². The lowest BCUT2D eigenvalue weighted by Crippen LogP contribution is -2.40. The van der Waals surface area contributed by atoms with Gasteiger partial charge < -0.3 is 9.47 Å². The molecule has 6 nitrogen and oxygen atoms in total. The molecule has 0 unspecified atom stereocenters. The fourth-order valence-electron chi connectivity index (χ4n) is 3.65. The molecule has 0 N–H and O–H groups in total. The molecule has 6 heteroatoms. The van der Waals surface area contributed by atoms with Gasteiger partial charge in [0.1, 0.15) is 6.54 Å². The number of para-hydroxylation sites is 1. The lowest BCUT2D eigenvalue weighted by molar-refractivity contribution is 0.0674. The SMILES string of the molecule is N#CCn1cc(C(=O)N2CCC[C@@H](n3cccn3)C2)c2ccccc21. The van der Waals surface area contributed by atoms with E-state index in [0.717, 1.165) is 30.3 Å². The number of piperidine rings is 1. The van der Waals surface area contributed by atoms with Crippen LogP contribution in [-0.4, -0.2) is 38.2 Å². The predicted molar refractivity (Wildman–Crippen MR) is 94.0 cm³/mol. The third-order valence-corrected chi connectivity index (χ3v) is 4.84. The van der Waals surface area contributed by atoms with Gasteiger partial charge in [0.2, 0.25) is 0 Å². The van der Waals surface area contributed by atoms with Gasteiger partial charge in [-0.25, -0.2) is 0 Å². The summed E-state index contributed by atoms with van der Waals surface area (Å²) in [5.74, 6) is 0.0322. The molecule has 3 heterocycles. The number of rotatable bonds is 3. The topological polar surface area (TPSA) is 66.8 Å². The molecule has 0 saturated carbocycles. The van der Waals surface area contributed by atoms with Gasteiger partial charge in [-0.1, -0.05) is 18.2 Å². The van der Waals surface area contributed by atoms with Gasteiger partial charge in [0.05, 0.1) is 17.7 Å². The molecule has 126 valence electrons. The van der Waals surface area contributed by atoms with Crippen LogP contribution in [0.1, 0.15) is 29.2 Å². The van der Waals surface area contributed by atoms with Crippen molar-refractivity contribution in [1.82, 2.24) is 19.2 Å². The number of fused-ring (bicyclic) bond motifs is 1. The van der Waals surface area contributed by atoms with Gasteiger partial charge in [0.25, 0.3) is 5.91 Å². The van der Waals surface area contributed by atoms with Crippen molar-refractivity contribution in [2.45, 2.75) is 25.4 Å². The van der Waals surface area contributed by atoms with Gasteiger partial charge in [-0.05, 0) is 25.0 Å². The third-order valence-electron chi connectivity index (χ3n) is 4.84. The largest absolute Gasteiger partial charge is 0.336 e. The third kappa shape index (κ3) is 2.78. The Morgan fingerprint density at radius 2 is 2.20 bits per heavy atom. The van der Waals surface area contributed by atoms with Gasteiger partial charge >= 0.3 is 0 Å². The summed E-state index contributed by atoms with van der Waals surface area (Å²) in [5.41, 5.74) is 1.60. The van der Waals surface area contributed by atoms with Crippen LogP contribution in [0.4, 0.5) is 0 Å². The lowest BCUT2D eigenvalue weighted by Gasteiger charge is -2.32. The van der Waals surface area contributed by atoms with Gasteiger partial charge in [-0.2, -0.15) is 10.4 Å². The number of hydrogen-bond donors (Lipinski definition) is 0. The fourth-order valence-corrected chi connectivity index (χ4v) is 3.65. The number of hydrogen-bond acceptors (Lipinski definition) is 3. The van der Waals surface area contributed by atoms with Crippen LogP contribution in [0.25, 0.3) is 10.9 Å². The van der Waals surface area contributed by atoms with E-state index < -0.39 is 0 Å². The number of nitrogens with zero attached hydrogens (tertiary/aromatic N) is 5. The minimum Gasteiger partial charge on any atom is -0.336 e. The molecular formula is C19H19N5O. The Bertz CT molecular complexity index is 935. The summed E-state index contributed by atoms with van der Waals surface area (Å²) in [7, 11) is 0. The average Bonchev–Trinajstić information content (AvgIpc) is 3.30. The highest BCUT2D eigenvalue weighted by Crippen LogP contribution is 2.26. The molecule has 1 aromatic carbocycles. The molecule has 0 radical (unpaired) electrons. The van der Waals surface area contributed by atoms with Gasteiger partial charge in [-0.3, -0.25) is 9.48 Å². The van der Waals surface area contributed by atoms with Gasteiger partial charge in [-0.15, -0.1) is 0 Å². The van der Waals surface area contributed by atoms with Crippen LogP contribution in [0.3, 0.4) is 0 Å². The zero-order valence-corrected chi connectivity index (χ0v) is 13.9. The summed E-state index contributed by atoms with van der Waals surface area (Å²) in [4.78, 5) is 15.1.